The number of hydrogen-bond acceptors (Lipinski definition) is 4. The minimum atomic E-state index is -1.17. The summed E-state index contributed by atoms with van der Waals surface area (Å²) in [7, 11) is 1.50. The molecular formula is C11H10N2O5. The van der Waals surface area contributed by atoms with Gasteiger partial charge in [0, 0.05) is 19.3 Å². The Morgan fingerprint density at radius 3 is 2.78 bits per heavy atom. The molecule has 2 aromatic heterocycles. The topological polar surface area (TPSA) is 94.4 Å². The molecule has 0 atom stereocenters. The number of rotatable bonds is 3. The molecule has 7 nitrogen and oxygen atoms in total. The number of furan rings is 1. The standard InChI is InChI=1S/C11H10N2O5/c1-12-4-2-9(14)13(11(12)17)6-8-7(10(15)16)3-5-18-8/h2-5H,6H2,1H3,(H,15,16). The third-order valence-electron chi connectivity index (χ3n) is 2.52. The van der Waals surface area contributed by atoms with Crippen LogP contribution in [-0.4, -0.2) is 20.2 Å². The molecule has 0 aliphatic heterocycles. The number of carboxylic acid groups (broad SMARTS) is 1. The van der Waals surface area contributed by atoms with E-state index in [0.29, 0.717) is 0 Å². The van der Waals surface area contributed by atoms with Crippen LogP contribution in [0.25, 0.3) is 0 Å². The van der Waals surface area contributed by atoms with Crippen molar-refractivity contribution in [2.75, 3.05) is 0 Å². The van der Waals surface area contributed by atoms with Gasteiger partial charge in [-0.05, 0) is 6.07 Å². The Kier molecular flexibility index (Phi) is 2.88. The van der Waals surface area contributed by atoms with Crippen LogP contribution in [0.4, 0.5) is 0 Å². The normalized spacial score (nSPS) is 10.5. The Labute approximate surface area is 101 Å². The van der Waals surface area contributed by atoms with Crippen LogP contribution in [0, 0.1) is 0 Å². The molecular weight excluding hydrogens is 240 g/mol. The van der Waals surface area contributed by atoms with Crippen LogP contribution in [0.3, 0.4) is 0 Å². The zero-order valence-corrected chi connectivity index (χ0v) is 9.49. The lowest BCUT2D eigenvalue weighted by Crippen LogP contribution is -2.38. The highest BCUT2D eigenvalue weighted by Gasteiger charge is 2.15. The van der Waals surface area contributed by atoms with E-state index in [1.54, 1.807) is 0 Å². The van der Waals surface area contributed by atoms with Crippen LogP contribution >= 0.6 is 0 Å². The largest absolute Gasteiger partial charge is 0.478 e. The zero-order valence-electron chi connectivity index (χ0n) is 9.49. The molecule has 0 aromatic carbocycles. The average molecular weight is 250 g/mol. The lowest BCUT2D eigenvalue weighted by Gasteiger charge is -2.05. The van der Waals surface area contributed by atoms with Crippen LogP contribution in [0.15, 0.2) is 38.6 Å². The number of nitrogens with zero attached hydrogens (tertiary/aromatic N) is 2. The first-order valence-corrected chi connectivity index (χ1v) is 5.07. The Hall–Kier alpha value is -2.57. The number of carboxylic acids is 1. The smallest absolute Gasteiger partial charge is 0.339 e. The molecule has 2 aromatic rings. The molecule has 2 rings (SSSR count). The minimum absolute atomic E-state index is 0.0622. The van der Waals surface area contributed by atoms with E-state index in [4.69, 9.17) is 9.52 Å². The fourth-order valence-electron chi connectivity index (χ4n) is 1.56. The van der Waals surface area contributed by atoms with E-state index >= 15 is 0 Å². The second kappa shape index (κ2) is 4.36. The summed E-state index contributed by atoms with van der Waals surface area (Å²) < 4.78 is 7.13. The minimum Gasteiger partial charge on any atom is -0.478 e. The first-order valence-electron chi connectivity index (χ1n) is 5.07. The molecule has 0 aliphatic rings. The summed E-state index contributed by atoms with van der Waals surface area (Å²) >= 11 is 0. The van der Waals surface area contributed by atoms with Crippen molar-refractivity contribution in [2.24, 2.45) is 7.05 Å². The molecule has 94 valence electrons. The summed E-state index contributed by atoms with van der Waals surface area (Å²) in [6.07, 6.45) is 2.55. The molecule has 0 unspecified atom stereocenters. The van der Waals surface area contributed by atoms with Gasteiger partial charge in [-0.25, -0.2) is 9.59 Å². The molecule has 0 saturated carbocycles. The molecule has 0 bridgehead atoms. The maximum Gasteiger partial charge on any atom is 0.339 e. The van der Waals surface area contributed by atoms with E-state index in [1.165, 1.54) is 36.2 Å². The predicted octanol–water partition coefficient (Wildman–Crippen LogP) is -0.113. The van der Waals surface area contributed by atoms with Crippen molar-refractivity contribution < 1.29 is 14.3 Å². The summed E-state index contributed by atoms with van der Waals surface area (Å²) in [5, 5.41) is 8.90. The van der Waals surface area contributed by atoms with Crippen molar-refractivity contribution in [1.29, 1.82) is 0 Å². The van der Waals surface area contributed by atoms with Crippen molar-refractivity contribution in [1.82, 2.24) is 9.13 Å². The Morgan fingerprint density at radius 2 is 2.11 bits per heavy atom. The first-order chi connectivity index (χ1) is 8.50. The molecule has 0 fully saturated rings. The van der Waals surface area contributed by atoms with Crippen molar-refractivity contribution in [3.63, 3.8) is 0 Å². The Balaban J connectivity index is 2.50. The monoisotopic (exact) mass is 250 g/mol. The van der Waals surface area contributed by atoms with Crippen molar-refractivity contribution in [2.45, 2.75) is 6.54 Å². The Morgan fingerprint density at radius 1 is 1.39 bits per heavy atom. The Bertz CT molecular complexity index is 707. The lowest BCUT2D eigenvalue weighted by molar-refractivity contribution is 0.0694. The number of aromatic carboxylic acids is 1. The van der Waals surface area contributed by atoms with Gasteiger partial charge in [-0.2, -0.15) is 0 Å². The highest BCUT2D eigenvalue weighted by Crippen LogP contribution is 2.10. The van der Waals surface area contributed by atoms with Gasteiger partial charge in [-0.3, -0.25) is 9.36 Å². The van der Waals surface area contributed by atoms with Crippen LogP contribution < -0.4 is 11.2 Å². The summed E-state index contributed by atoms with van der Waals surface area (Å²) in [5.74, 6) is -1.10. The summed E-state index contributed by atoms with van der Waals surface area (Å²) in [5.41, 5.74) is -1.10. The van der Waals surface area contributed by atoms with Gasteiger partial charge in [0.25, 0.3) is 5.56 Å². The maximum absolute atomic E-state index is 11.7. The van der Waals surface area contributed by atoms with Gasteiger partial charge in [-0.15, -0.1) is 0 Å². The molecule has 2 heterocycles. The van der Waals surface area contributed by atoms with Gasteiger partial charge in [0.2, 0.25) is 0 Å². The van der Waals surface area contributed by atoms with Gasteiger partial charge in [0.05, 0.1) is 12.8 Å². The highest BCUT2D eigenvalue weighted by molar-refractivity contribution is 5.88. The molecule has 0 saturated heterocycles. The van der Waals surface area contributed by atoms with Crippen LogP contribution in [-0.2, 0) is 13.6 Å². The average Bonchev–Trinajstić information content (AvgIpc) is 2.78. The van der Waals surface area contributed by atoms with Crippen LogP contribution in [0.5, 0.6) is 0 Å². The van der Waals surface area contributed by atoms with Crippen molar-refractivity contribution in [3.05, 3.63) is 56.8 Å². The van der Waals surface area contributed by atoms with Gasteiger partial charge < -0.3 is 14.1 Å². The van der Waals surface area contributed by atoms with Crippen LogP contribution in [0.2, 0.25) is 0 Å². The molecule has 18 heavy (non-hydrogen) atoms. The van der Waals surface area contributed by atoms with Gasteiger partial charge in [0.1, 0.15) is 11.3 Å². The molecule has 0 aliphatic carbocycles. The second-order valence-corrected chi connectivity index (χ2v) is 3.70. The quantitative estimate of drug-likeness (QED) is 0.819. The van der Waals surface area contributed by atoms with E-state index in [0.717, 1.165) is 4.57 Å². The maximum atomic E-state index is 11.7. The van der Waals surface area contributed by atoms with Crippen molar-refractivity contribution >= 4 is 5.97 Å². The fourth-order valence-corrected chi connectivity index (χ4v) is 1.56. The fraction of sp³-hybridized carbons (Fsp3) is 0.182. The van der Waals surface area contributed by atoms with E-state index in [-0.39, 0.29) is 17.9 Å². The second-order valence-electron chi connectivity index (χ2n) is 3.70. The van der Waals surface area contributed by atoms with Gasteiger partial charge in [0.15, 0.2) is 0 Å². The highest BCUT2D eigenvalue weighted by atomic mass is 16.4. The third kappa shape index (κ3) is 1.97. The molecule has 0 radical (unpaired) electrons. The SMILES string of the molecule is Cn1ccc(=O)n(Cc2occc2C(=O)O)c1=O. The third-order valence-corrected chi connectivity index (χ3v) is 2.52. The predicted molar refractivity (Wildman–Crippen MR) is 60.7 cm³/mol. The molecule has 1 N–H and O–H groups in total. The summed E-state index contributed by atoms with van der Waals surface area (Å²) in [6, 6.07) is 2.50. The van der Waals surface area contributed by atoms with Gasteiger partial charge in [-0.1, -0.05) is 0 Å². The van der Waals surface area contributed by atoms with E-state index in [1.807, 2.05) is 0 Å². The number of hydrogen-bond donors (Lipinski definition) is 1. The summed E-state index contributed by atoms with van der Waals surface area (Å²) in [4.78, 5) is 34.2. The van der Waals surface area contributed by atoms with E-state index in [9.17, 15) is 14.4 Å². The first kappa shape index (κ1) is 11.9. The number of aryl methyl sites for hydroxylation is 1. The molecule has 0 amide bonds. The summed E-state index contributed by atoms with van der Waals surface area (Å²) in [6.45, 7) is -0.207. The van der Waals surface area contributed by atoms with E-state index in [2.05, 4.69) is 0 Å². The molecule has 0 spiro atoms. The number of aromatic nitrogens is 2. The molecule has 7 heteroatoms. The number of carbonyl (C=O) groups is 1. The van der Waals surface area contributed by atoms with Crippen LogP contribution in [0.1, 0.15) is 16.1 Å². The lowest BCUT2D eigenvalue weighted by atomic mass is 10.2. The van der Waals surface area contributed by atoms with E-state index < -0.39 is 17.2 Å². The van der Waals surface area contributed by atoms with Gasteiger partial charge >= 0.3 is 11.7 Å². The van der Waals surface area contributed by atoms with Crippen molar-refractivity contribution in [3.8, 4) is 0 Å². The zero-order chi connectivity index (χ0) is 13.3.